The van der Waals surface area contributed by atoms with Crippen molar-refractivity contribution in [3.63, 3.8) is 0 Å². The summed E-state index contributed by atoms with van der Waals surface area (Å²) in [6.45, 7) is 7.09. The molecular weight excluding hydrogens is 236 g/mol. The molecule has 1 aliphatic rings. The monoisotopic (exact) mass is 256 g/mol. The first kappa shape index (κ1) is 13.0. The molecule has 0 spiro atoms. The van der Waals surface area contributed by atoms with E-state index in [1.54, 1.807) is 11.3 Å². The molecule has 1 N–H and O–H groups in total. The number of hydrogen-bond acceptors (Lipinski definition) is 5. The van der Waals surface area contributed by atoms with Crippen molar-refractivity contribution >= 4 is 11.3 Å². The van der Waals surface area contributed by atoms with E-state index >= 15 is 0 Å². The van der Waals surface area contributed by atoms with Crippen molar-refractivity contribution in [2.45, 2.75) is 26.5 Å². The lowest BCUT2D eigenvalue weighted by Gasteiger charge is -2.06. The minimum atomic E-state index is 0.579. The summed E-state index contributed by atoms with van der Waals surface area (Å²) in [6.07, 6.45) is 1.13. The second-order valence-electron chi connectivity index (χ2n) is 4.26. The molecule has 96 valence electrons. The van der Waals surface area contributed by atoms with Gasteiger partial charge in [-0.3, -0.25) is 0 Å². The van der Waals surface area contributed by atoms with Crippen LogP contribution in [0.25, 0.3) is 0 Å². The van der Waals surface area contributed by atoms with Gasteiger partial charge in [-0.1, -0.05) is 6.92 Å². The molecule has 1 unspecified atom stereocenters. The molecule has 1 fully saturated rings. The summed E-state index contributed by atoms with van der Waals surface area (Å²) in [5, 5.41) is 6.48. The number of aromatic nitrogens is 1. The van der Waals surface area contributed by atoms with Crippen LogP contribution in [0.1, 0.15) is 24.0 Å². The van der Waals surface area contributed by atoms with Crippen molar-refractivity contribution in [2.24, 2.45) is 5.92 Å². The summed E-state index contributed by atoms with van der Waals surface area (Å²) >= 11 is 1.69. The van der Waals surface area contributed by atoms with Gasteiger partial charge in [0.15, 0.2) is 0 Å². The molecule has 1 aromatic rings. The average molecular weight is 256 g/mol. The van der Waals surface area contributed by atoms with E-state index in [-0.39, 0.29) is 0 Å². The van der Waals surface area contributed by atoms with Crippen molar-refractivity contribution < 1.29 is 9.47 Å². The number of rotatable bonds is 7. The lowest BCUT2D eigenvalue weighted by molar-refractivity contribution is 0.0775. The lowest BCUT2D eigenvalue weighted by atomic mass is 10.1. The maximum atomic E-state index is 5.67. The molecule has 0 aliphatic carbocycles. The second kappa shape index (κ2) is 7.06. The minimum absolute atomic E-state index is 0.579. The summed E-state index contributed by atoms with van der Waals surface area (Å²) in [4.78, 5) is 4.51. The number of hydrogen-bond donors (Lipinski definition) is 1. The minimum Gasteiger partial charge on any atom is -0.381 e. The van der Waals surface area contributed by atoms with Crippen molar-refractivity contribution in [1.29, 1.82) is 0 Å². The smallest absolute Gasteiger partial charge is 0.107 e. The van der Waals surface area contributed by atoms with Crippen LogP contribution in [0.2, 0.25) is 0 Å². The highest BCUT2D eigenvalue weighted by atomic mass is 32.1. The normalized spacial score (nSPS) is 19.9. The highest BCUT2D eigenvalue weighted by Gasteiger charge is 2.15. The number of ether oxygens (including phenoxy) is 2. The van der Waals surface area contributed by atoms with Gasteiger partial charge in [-0.25, -0.2) is 4.98 Å². The summed E-state index contributed by atoms with van der Waals surface area (Å²) < 4.78 is 11.0. The molecule has 1 atom stereocenters. The van der Waals surface area contributed by atoms with Crippen LogP contribution in [0.4, 0.5) is 0 Å². The Hall–Kier alpha value is -0.490. The van der Waals surface area contributed by atoms with Gasteiger partial charge < -0.3 is 14.8 Å². The zero-order valence-electron chi connectivity index (χ0n) is 10.3. The van der Waals surface area contributed by atoms with Crippen LogP contribution >= 0.6 is 11.3 Å². The average Bonchev–Trinajstić information content (AvgIpc) is 2.98. The van der Waals surface area contributed by atoms with Gasteiger partial charge in [0, 0.05) is 24.4 Å². The zero-order valence-corrected chi connectivity index (χ0v) is 11.1. The van der Waals surface area contributed by atoms with Crippen molar-refractivity contribution in [2.75, 3.05) is 26.4 Å². The van der Waals surface area contributed by atoms with Gasteiger partial charge in [0.25, 0.3) is 0 Å². The molecule has 0 bridgehead atoms. The Labute approximate surface area is 106 Å². The van der Waals surface area contributed by atoms with Gasteiger partial charge >= 0.3 is 0 Å². The van der Waals surface area contributed by atoms with E-state index in [0.717, 1.165) is 50.0 Å². The van der Waals surface area contributed by atoms with E-state index in [4.69, 9.17) is 9.47 Å². The van der Waals surface area contributed by atoms with E-state index in [1.807, 2.05) is 0 Å². The lowest BCUT2D eigenvalue weighted by Crippen LogP contribution is -2.11. The molecule has 17 heavy (non-hydrogen) atoms. The predicted molar refractivity (Wildman–Crippen MR) is 68.1 cm³/mol. The van der Waals surface area contributed by atoms with Crippen LogP contribution < -0.4 is 5.32 Å². The fourth-order valence-corrected chi connectivity index (χ4v) is 2.52. The third-order valence-corrected chi connectivity index (χ3v) is 3.65. The highest BCUT2D eigenvalue weighted by Crippen LogP contribution is 2.14. The van der Waals surface area contributed by atoms with E-state index in [2.05, 4.69) is 22.6 Å². The Morgan fingerprint density at radius 1 is 1.65 bits per heavy atom. The van der Waals surface area contributed by atoms with Gasteiger partial charge in [-0.15, -0.1) is 11.3 Å². The molecule has 2 rings (SSSR count). The third kappa shape index (κ3) is 4.35. The molecule has 0 amide bonds. The van der Waals surface area contributed by atoms with Crippen molar-refractivity contribution in [1.82, 2.24) is 10.3 Å². The van der Waals surface area contributed by atoms with Crippen LogP contribution in [-0.2, 0) is 22.6 Å². The molecule has 0 saturated carbocycles. The Balaban J connectivity index is 1.65. The standard InChI is InChI=1S/C12H20N2O2S/c1-2-13-5-12-14-11(9-17-12)8-16-7-10-3-4-15-6-10/h9-10,13H,2-8H2,1H3. The zero-order chi connectivity index (χ0) is 11.9. The maximum Gasteiger partial charge on any atom is 0.107 e. The summed E-state index contributed by atoms with van der Waals surface area (Å²) in [6, 6.07) is 0. The molecule has 0 aromatic carbocycles. The Morgan fingerprint density at radius 2 is 2.59 bits per heavy atom. The maximum absolute atomic E-state index is 5.67. The highest BCUT2D eigenvalue weighted by molar-refractivity contribution is 7.09. The van der Waals surface area contributed by atoms with Gasteiger partial charge in [0.05, 0.1) is 25.5 Å². The molecular formula is C12H20N2O2S. The third-order valence-electron chi connectivity index (χ3n) is 2.75. The largest absolute Gasteiger partial charge is 0.381 e. The first-order valence-electron chi connectivity index (χ1n) is 6.18. The predicted octanol–water partition coefficient (Wildman–Crippen LogP) is 1.81. The Kier molecular flexibility index (Phi) is 5.38. The first-order chi connectivity index (χ1) is 8.38. The molecule has 1 saturated heterocycles. The van der Waals surface area contributed by atoms with E-state index in [0.29, 0.717) is 12.5 Å². The van der Waals surface area contributed by atoms with Gasteiger partial charge in [-0.05, 0) is 13.0 Å². The van der Waals surface area contributed by atoms with Gasteiger partial charge in [0.1, 0.15) is 5.01 Å². The van der Waals surface area contributed by atoms with Crippen molar-refractivity contribution in [3.05, 3.63) is 16.1 Å². The molecule has 1 aliphatic heterocycles. The topological polar surface area (TPSA) is 43.4 Å². The van der Waals surface area contributed by atoms with Crippen molar-refractivity contribution in [3.8, 4) is 0 Å². The molecule has 5 heteroatoms. The van der Waals surface area contributed by atoms with E-state index in [9.17, 15) is 0 Å². The van der Waals surface area contributed by atoms with Gasteiger partial charge in [-0.2, -0.15) is 0 Å². The summed E-state index contributed by atoms with van der Waals surface area (Å²) in [7, 11) is 0. The molecule has 1 aromatic heterocycles. The number of nitrogens with zero attached hydrogens (tertiary/aromatic N) is 1. The van der Waals surface area contributed by atoms with Gasteiger partial charge in [0.2, 0.25) is 0 Å². The van der Waals surface area contributed by atoms with Crippen LogP contribution in [0.15, 0.2) is 5.38 Å². The van der Waals surface area contributed by atoms with Crippen LogP contribution in [0, 0.1) is 5.92 Å². The fourth-order valence-electron chi connectivity index (χ4n) is 1.77. The molecule has 0 radical (unpaired) electrons. The van der Waals surface area contributed by atoms with Crippen LogP contribution in [-0.4, -0.2) is 31.3 Å². The number of nitrogens with one attached hydrogen (secondary N) is 1. The molecule has 2 heterocycles. The Bertz CT molecular complexity index is 324. The second-order valence-corrected chi connectivity index (χ2v) is 5.20. The fraction of sp³-hybridized carbons (Fsp3) is 0.750. The van der Waals surface area contributed by atoms with E-state index in [1.165, 1.54) is 0 Å². The van der Waals surface area contributed by atoms with Crippen LogP contribution in [0.5, 0.6) is 0 Å². The first-order valence-corrected chi connectivity index (χ1v) is 7.06. The van der Waals surface area contributed by atoms with Crippen LogP contribution in [0.3, 0.4) is 0 Å². The Morgan fingerprint density at radius 3 is 3.35 bits per heavy atom. The summed E-state index contributed by atoms with van der Waals surface area (Å²) in [5.41, 5.74) is 1.04. The number of thiazole rings is 1. The SMILES string of the molecule is CCNCc1nc(COCC2CCOC2)cs1. The van der Waals surface area contributed by atoms with E-state index < -0.39 is 0 Å². The molecule has 4 nitrogen and oxygen atoms in total. The summed E-state index contributed by atoms with van der Waals surface area (Å²) in [5.74, 6) is 0.579. The quantitative estimate of drug-likeness (QED) is 0.808.